The van der Waals surface area contributed by atoms with Crippen LogP contribution < -0.4 is 0 Å². The molecule has 0 radical (unpaired) electrons. The third-order valence-electron chi connectivity index (χ3n) is 1.97. The smallest absolute Gasteiger partial charge is 0.294 e. The van der Waals surface area contributed by atoms with Crippen LogP contribution in [-0.2, 0) is 10.1 Å². The van der Waals surface area contributed by atoms with E-state index in [1.807, 2.05) is 6.92 Å². The number of hydrogen-bond donors (Lipinski definition) is 2. The van der Waals surface area contributed by atoms with E-state index in [4.69, 9.17) is 9.66 Å². The molecular formula is C12H13NO4S. The normalized spacial score (nSPS) is 10.3. The fraction of sp³-hybridized carbons (Fsp3) is 0.0833. The Bertz CT molecular complexity index is 579. The molecule has 18 heavy (non-hydrogen) atoms. The maximum atomic E-state index is 10.5. The van der Waals surface area contributed by atoms with Gasteiger partial charge in [-0.3, -0.25) is 4.55 Å². The number of rotatable bonds is 1. The quantitative estimate of drug-likeness (QED) is 0.772. The Hall–Kier alpha value is -1.92. The average molecular weight is 267 g/mol. The standard InChI is InChI=1S/C7H8O3S.C5H5NO/c1-6-2-4-7(5-3-6)11(8,9)10;7-5-3-1-2-4-6-5/h2-5H,1H3,(H,8,9,10);1-4H,(H,6,7). The number of pyridine rings is 1. The highest BCUT2D eigenvalue weighted by Crippen LogP contribution is 2.08. The molecule has 0 fully saturated rings. The summed E-state index contributed by atoms with van der Waals surface area (Å²) in [5.41, 5.74) is 0.956. The van der Waals surface area contributed by atoms with Gasteiger partial charge >= 0.3 is 0 Å². The van der Waals surface area contributed by atoms with Gasteiger partial charge in [-0.25, -0.2) is 4.98 Å². The Balaban J connectivity index is 0.000000199. The summed E-state index contributed by atoms with van der Waals surface area (Å²) in [6.45, 7) is 1.84. The van der Waals surface area contributed by atoms with Crippen molar-refractivity contribution >= 4 is 10.1 Å². The van der Waals surface area contributed by atoms with Crippen LogP contribution in [0.1, 0.15) is 5.56 Å². The second-order valence-corrected chi connectivity index (χ2v) is 4.90. The van der Waals surface area contributed by atoms with Crippen LogP contribution in [0.15, 0.2) is 53.6 Å². The van der Waals surface area contributed by atoms with Crippen LogP contribution in [0.5, 0.6) is 5.88 Å². The molecule has 5 nitrogen and oxygen atoms in total. The van der Waals surface area contributed by atoms with Crippen molar-refractivity contribution < 1.29 is 18.1 Å². The maximum Gasteiger partial charge on any atom is 0.294 e. The van der Waals surface area contributed by atoms with E-state index >= 15 is 0 Å². The predicted molar refractivity (Wildman–Crippen MR) is 66.9 cm³/mol. The maximum absolute atomic E-state index is 10.5. The SMILES string of the molecule is Cc1ccc(S(=O)(=O)O)cc1.Oc1ccccn1. The van der Waals surface area contributed by atoms with Gasteiger partial charge in [0.25, 0.3) is 10.1 Å². The van der Waals surface area contributed by atoms with E-state index in [9.17, 15) is 8.42 Å². The summed E-state index contributed by atoms with van der Waals surface area (Å²) in [4.78, 5) is 3.47. The third kappa shape index (κ3) is 4.94. The first-order chi connectivity index (χ1) is 8.39. The molecule has 0 saturated heterocycles. The molecule has 1 aromatic heterocycles. The topological polar surface area (TPSA) is 87.5 Å². The molecule has 2 rings (SSSR count). The van der Waals surface area contributed by atoms with Gasteiger partial charge in [-0.15, -0.1) is 0 Å². The minimum atomic E-state index is -4.02. The summed E-state index contributed by atoms with van der Waals surface area (Å²) in [5, 5.41) is 8.52. The van der Waals surface area contributed by atoms with E-state index in [1.165, 1.54) is 24.4 Å². The monoisotopic (exact) mass is 267 g/mol. The Labute approximate surface area is 106 Å². The largest absolute Gasteiger partial charge is 0.493 e. The van der Waals surface area contributed by atoms with Gasteiger partial charge in [-0.2, -0.15) is 8.42 Å². The summed E-state index contributed by atoms with van der Waals surface area (Å²) in [7, 11) is -4.02. The molecule has 96 valence electrons. The number of nitrogens with zero attached hydrogens (tertiary/aromatic N) is 1. The van der Waals surface area contributed by atoms with Crippen molar-refractivity contribution in [2.45, 2.75) is 11.8 Å². The van der Waals surface area contributed by atoms with E-state index in [1.54, 1.807) is 24.3 Å². The highest BCUT2D eigenvalue weighted by atomic mass is 32.2. The van der Waals surface area contributed by atoms with E-state index in [0.717, 1.165) is 5.56 Å². The first kappa shape index (κ1) is 14.1. The Morgan fingerprint density at radius 2 is 1.67 bits per heavy atom. The Morgan fingerprint density at radius 1 is 1.06 bits per heavy atom. The second-order valence-electron chi connectivity index (χ2n) is 3.48. The van der Waals surface area contributed by atoms with Crippen LogP contribution in [0, 0.1) is 6.92 Å². The van der Waals surface area contributed by atoms with Gasteiger partial charge in [0.2, 0.25) is 5.88 Å². The molecule has 0 aliphatic heterocycles. The molecule has 0 atom stereocenters. The molecule has 0 saturated carbocycles. The zero-order valence-corrected chi connectivity index (χ0v) is 10.5. The van der Waals surface area contributed by atoms with Gasteiger partial charge in [0.05, 0.1) is 4.90 Å². The van der Waals surface area contributed by atoms with Gasteiger partial charge in [-0.1, -0.05) is 23.8 Å². The molecule has 2 N–H and O–H groups in total. The van der Waals surface area contributed by atoms with Crippen LogP contribution in [-0.4, -0.2) is 23.1 Å². The molecule has 1 aromatic carbocycles. The first-order valence-corrected chi connectivity index (χ1v) is 6.48. The van der Waals surface area contributed by atoms with Crippen molar-refractivity contribution in [3.05, 3.63) is 54.2 Å². The molecule has 0 unspecified atom stereocenters. The summed E-state index contributed by atoms with van der Waals surface area (Å²) in [5.74, 6) is 0.0718. The average Bonchev–Trinajstić information content (AvgIpc) is 2.30. The predicted octanol–water partition coefficient (Wildman–Crippen LogP) is 2.03. The lowest BCUT2D eigenvalue weighted by Crippen LogP contribution is -1.96. The van der Waals surface area contributed by atoms with Crippen LogP contribution in [0.4, 0.5) is 0 Å². The molecule has 0 amide bonds. The minimum Gasteiger partial charge on any atom is -0.493 e. The summed E-state index contributed by atoms with van der Waals surface area (Å²) in [6, 6.07) is 11.0. The summed E-state index contributed by atoms with van der Waals surface area (Å²) >= 11 is 0. The highest BCUT2D eigenvalue weighted by molar-refractivity contribution is 7.85. The highest BCUT2D eigenvalue weighted by Gasteiger charge is 2.06. The summed E-state index contributed by atoms with van der Waals surface area (Å²) in [6.07, 6.45) is 1.54. The number of benzene rings is 1. The Morgan fingerprint density at radius 3 is 2.00 bits per heavy atom. The van der Waals surface area contributed by atoms with Crippen molar-refractivity contribution in [3.8, 4) is 5.88 Å². The van der Waals surface area contributed by atoms with E-state index in [2.05, 4.69) is 4.98 Å². The van der Waals surface area contributed by atoms with Gasteiger partial charge in [0.1, 0.15) is 0 Å². The lowest BCUT2D eigenvalue weighted by atomic mass is 10.2. The number of aryl methyl sites for hydroxylation is 1. The number of aromatic hydroxyl groups is 1. The van der Waals surface area contributed by atoms with Crippen LogP contribution in [0.25, 0.3) is 0 Å². The van der Waals surface area contributed by atoms with E-state index < -0.39 is 10.1 Å². The van der Waals surface area contributed by atoms with Gasteiger partial charge in [-0.05, 0) is 25.1 Å². The second kappa shape index (κ2) is 6.13. The molecule has 0 spiro atoms. The van der Waals surface area contributed by atoms with Crippen molar-refractivity contribution in [2.24, 2.45) is 0 Å². The van der Waals surface area contributed by atoms with Crippen molar-refractivity contribution in [1.82, 2.24) is 4.98 Å². The zero-order valence-electron chi connectivity index (χ0n) is 9.69. The molecule has 0 bridgehead atoms. The molecule has 1 heterocycles. The van der Waals surface area contributed by atoms with Crippen molar-refractivity contribution in [2.75, 3.05) is 0 Å². The number of hydrogen-bond acceptors (Lipinski definition) is 4. The van der Waals surface area contributed by atoms with Crippen molar-refractivity contribution in [3.63, 3.8) is 0 Å². The molecular weight excluding hydrogens is 254 g/mol. The molecule has 0 aliphatic rings. The zero-order chi connectivity index (χ0) is 13.6. The van der Waals surface area contributed by atoms with Gasteiger partial charge in [0, 0.05) is 12.3 Å². The third-order valence-corrected chi connectivity index (χ3v) is 2.84. The number of aromatic nitrogens is 1. The van der Waals surface area contributed by atoms with E-state index in [0.29, 0.717) is 0 Å². The van der Waals surface area contributed by atoms with Gasteiger partial charge in [0.15, 0.2) is 0 Å². The minimum absolute atomic E-state index is 0.0666. The summed E-state index contributed by atoms with van der Waals surface area (Å²) < 4.78 is 29.6. The lowest BCUT2D eigenvalue weighted by Gasteiger charge is -1.95. The molecule has 6 heteroatoms. The molecule has 2 aromatic rings. The van der Waals surface area contributed by atoms with Gasteiger partial charge < -0.3 is 5.11 Å². The first-order valence-electron chi connectivity index (χ1n) is 5.04. The van der Waals surface area contributed by atoms with Crippen LogP contribution in [0.3, 0.4) is 0 Å². The lowest BCUT2D eigenvalue weighted by molar-refractivity contribution is 0.453. The Kier molecular flexibility index (Phi) is 4.82. The van der Waals surface area contributed by atoms with Crippen LogP contribution >= 0.6 is 0 Å². The fourth-order valence-corrected chi connectivity index (χ4v) is 1.54. The van der Waals surface area contributed by atoms with Crippen molar-refractivity contribution in [1.29, 1.82) is 0 Å². The van der Waals surface area contributed by atoms with Crippen LogP contribution in [0.2, 0.25) is 0 Å². The molecule has 0 aliphatic carbocycles. The fourth-order valence-electron chi connectivity index (χ4n) is 1.06. The van der Waals surface area contributed by atoms with E-state index in [-0.39, 0.29) is 10.8 Å².